The molecule has 0 saturated carbocycles. The summed E-state index contributed by atoms with van der Waals surface area (Å²) >= 11 is 0. The molecular weight excluding hydrogens is 314 g/mol. The minimum Gasteiger partial charge on any atom is -0.348 e. The fraction of sp³-hybridized carbons (Fsp3) is 0.562. The third-order valence-corrected chi connectivity index (χ3v) is 6.03. The molecule has 6 nitrogen and oxygen atoms in total. The second-order valence-electron chi connectivity index (χ2n) is 6.05. The van der Waals surface area contributed by atoms with E-state index in [1.54, 1.807) is 19.1 Å². The molecule has 3 N–H and O–H groups in total. The molecule has 0 radical (unpaired) electrons. The molecule has 1 amide bonds. The Labute approximate surface area is 138 Å². The number of hydrogen-bond donors (Lipinski definition) is 2. The van der Waals surface area contributed by atoms with E-state index in [2.05, 4.69) is 5.32 Å². The monoisotopic (exact) mass is 339 g/mol. The maximum Gasteiger partial charge on any atom is 0.251 e. The van der Waals surface area contributed by atoms with Gasteiger partial charge in [0.25, 0.3) is 5.91 Å². The highest BCUT2D eigenvalue weighted by Crippen LogP contribution is 2.22. The SMILES string of the molecule is Cc1ccc(S(=O)(=O)N2CCCCC2)cc1C(=O)N[C@@H](C)CN. The fourth-order valence-electron chi connectivity index (χ4n) is 2.62. The van der Waals surface area contributed by atoms with E-state index in [9.17, 15) is 13.2 Å². The van der Waals surface area contributed by atoms with E-state index in [-0.39, 0.29) is 16.8 Å². The fourth-order valence-corrected chi connectivity index (χ4v) is 4.16. The van der Waals surface area contributed by atoms with Crippen LogP contribution in [0.25, 0.3) is 0 Å². The first-order valence-corrected chi connectivity index (χ1v) is 9.42. The molecule has 1 aromatic carbocycles. The molecule has 1 atom stereocenters. The zero-order chi connectivity index (χ0) is 17.0. The van der Waals surface area contributed by atoms with Gasteiger partial charge in [0.2, 0.25) is 10.0 Å². The standard InChI is InChI=1S/C16H25N3O3S/c1-12-6-7-14(10-15(12)16(20)18-13(2)11-17)23(21,22)19-8-4-3-5-9-19/h6-7,10,13H,3-5,8-9,11,17H2,1-2H3,(H,18,20)/t13-/m0/s1. The Kier molecular flexibility index (Phi) is 5.78. The highest BCUT2D eigenvalue weighted by molar-refractivity contribution is 7.89. The Bertz CT molecular complexity index is 667. The van der Waals surface area contributed by atoms with Crippen molar-refractivity contribution in [1.82, 2.24) is 9.62 Å². The summed E-state index contributed by atoms with van der Waals surface area (Å²) in [7, 11) is -3.54. The van der Waals surface area contributed by atoms with Crippen molar-refractivity contribution in [2.75, 3.05) is 19.6 Å². The van der Waals surface area contributed by atoms with Crippen LogP contribution in [0.2, 0.25) is 0 Å². The van der Waals surface area contributed by atoms with E-state index in [4.69, 9.17) is 5.73 Å². The summed E-state index contributed by atoms with van der Waals surface area (Å²) < 4.78 is 27.0. The van der Waals surface area contributed by atoms with Gasteiger partial charge in [0, 0.05) is 31.2 Å². The van der Waals surface area contributed by atoms with Gasteiger partial charge < -0.3 is 11.1 Å². The molecule has 0 aromatic heterocycles. The summed E-state index contributed by atoms with van der Waals surface area (Å²) in [6, 6.07) is 4.56. The first-order chi connectivity index (χ1) is 10.9. The smallest absolute Gasteiger partial charge is 0.251 e. The summed E-state index contributed by atoms with van der Waals surface area (Å²) in [6.07, 6.45) is 2.82. The number of hydrogen-bond acceptors (Lipinski definition) is 4. The Hall–Kier alpha value is -1.44. The van der Waals surface area contributed by atoms with E-state index in [0.29, 0.717) is 25.2 Å². The van der Waals surface area contributed by atoms with Crippen molar-refractivity contribution in [3.8, 4) is 0 Å². The van der Waals surface area contributed by atoms with E-state index in [0.717, 1.165) is 24.8 Å². The third-order valence-electron chi connectivity index (χ3n) is 4.14. The molecule has 1 fully saturated rings. The molecule has 1 aliphatic rings. The predicted molar refractivity (Wildman–Crippen MR) is 89.8 cm³/mol. The lowest BCUT2D eigenvalue weighted by molar-refractivity contribution is 0.0940. The number of amides is 1. The molecule has 7 heteroatoms. The van der Waals surface area contributed by atoms with Gasteiger partial charge in [0.15, 0.2) is 0 Å². The summed E-state index contributed by atoms with van der Waals surface area (Å²) in [5.74, 6) is -0.295. The average Bonchev–Trinajstić information content (AvgIpc) is 2.55. The van der Waals surface area contributed by atoms with Gasteiger partial charge in [-0.3, -0.25) is 4.79 Å². The Balaban J connectivity index is 2.30. The topological polar surface area (TPSA) is 92.5 Å². The number of nitrogens with two attached hydrogens (primary N) is 1. The van der Waals surface area contributed by atoms with Crippen molar-refractivity contribution in [2.24, 2.45) is 5.73 Å². The Morgan fingerprint density at radius 3 is 2.57 bits per heavy atom. The summed E-state index contributed by atoms with van der Waals surface area (Å²) in [4.78, 5) is 12.5. The van der Waals surface area contributed by atoms with Crippen LogP contribution in [-0.4, -0.2) is 44.3 Å². The molecule has 1 heterocycles. The number of rotatable bonds is 5. The van der Waals surface area contributed by atoms with Gasteiger partial charge in [0.05, 0.1) is 4.90 Å². The minimum absolute atomic E-state index is 0.163. The molecule has 0 spiro atoms. The van der Waals surface area contributed by atoms with Crippen molar-refractivity contribution >= 4 is 15.9 Å². The number of benzene rings is 1. The highest BCUT2D eigenvalue weighted by atomic mass is 32.2. The van der Waals surface area contributed by atoms with E-state index >= 15 is 0 Å². The Morgan fingerprint density at radius 2 is 1.96 bits per heavy atom. The summed E-state index contributed by atoms with van der Waals surface area (Å²) in [6.45, 7) is 5.02. The second kappa shape index (κ2) is 7.42. The van der Waals surface area contributed by atoms with Crippen LogP contribution >= 0.6 is 0 Å². The van der Waals surface area contributed by atoms with Crippen molar-refractivity contribution in [1.29, 1.82) is 0 Å². The van der Waals surface area contributed by atoms with Crippen LogP contribution in [0.15, 0.2) is 23.1 Å². The van der Waals surface area contributed by atoms with Crippen molar-refractivity contribution < 1.29 is 13.2 Å². The largest absolute Gasteiger partial charge is 0.348 e. The van der Waals surface area contributed by atoms with Crippen molar-refractivity contribution in [2.45, 2.75) is 44.0 Å². The van der Waals surface area contributed by atoms with Gasteiger partial charge in [-0.05, 0) is 44.4 Å². The lowest BCUT2D eigenvalue weighted by Crippen LogP contribution is -2.38. The van der Waals surface area contributed by atoms with Crippen LogP contribution in [0.1, 0.15) is 42.1 Å². The molecule has 1 saturated heterocycles. The molecule has 128 valence electrons. The van der Waals surface area contributed by atoms with Crippen LogP contribution < -0.4 is 11.1 Å². The van der Waals surface area contributed by atoms with Crippen LogP contribution in [0.3, 0.4) is 0 Å². The predicted octanol–water partition coefficient (Wildman–Crippen LogP) is 1.25. The second-order valence-corrected chi connectivity index (χ2v) is 7.99. The molecule has 0 unspecified atom stereocenters. The normalized spacial score (nSPS) is 17.7. The number of sulfonamides is 1. The highest BCUT2D eigenvalue weighted by Gasteiger charge is 2.27. The van der Waals surface area contributed by atoms with Crippen molar-refractivity contribution in [3.63, 3.8) is 0 Å². The maximum atomic E-state index is 12.7. The molecule has 0 aliphatic carbocycles. The third kappa shape index (κ3) is 4.10. The molecule has 2 rings (SSSR count). The van der Waals surface area contributed by atoms with Gasteiger partial charge in [-0.25, -0.2) is 8.42 Å². The summed E-state index contributed by atoms with van der Waals surface area (Å²) in [5, 5.41) is 2.77. The summed E-state index contributed by atoms with van der Waals surface area (Å²) in [5.41, 5.74) is 6.63. The number of aryl methyl sites for hydroxylation is 1. The Morgan fingerprint density at radius 1 is 1.30 bits per heavy atom. The first-order valence-electron chi connectivity index (χ1n) is 7.98. The molecular formula is C16H25N3O3S. The average molecular weight is 339 g/mol. The van der Waals surface area contributed by atoms with Gasteiger partial charge in [-0.15, -0.1) is 0 Å². The molecule has 1 aliphatic heterocycles. The van der Waals surface area contributed by atoms with Crippen LogP contribution in [0.4, 0.5) is 0 Å². The number of carbonyl (C=O) groups is 1. The molecule has 0 bridgehead atoms. The number of piperidine rings is 1. The van der Waals surface area contributed by atoms with Gasteiger partial charge >= 0.3 is 0 Å². The van der Waals surface area contributed by atoms with E-state index in [1.165, 1.54) is 10.4 Å². The molecule has 23 heavy (non-hydrogen) atoms. The minimum atomic E-state index is -3.54. The van der Waals surface area contributed by atoms with Gasteiger partial charge in [-0.1, -0.05) is 12.5 Å². The number of nitrogens with zero attached hydrogens (tertiary/aromatic N) is 1. The quantitative estimate of drug-likeness (QED) is 0.844. The lowest BCUT2D eigenvalue weighted by Gasteiger charge is -2.26. The van der Waals surface area contributed by atoms with E-state index in [1.807, 2.05) is 6.92 Å². The van der Waals surface area contributed by atoms with Crippen molar-refractivity contribution in [3.05, 3.63) is 29.3 Å². The van der Waals surface area contributed by atoms with Crippen LogP contribution in [0.5, 0.6) is 0 Å². The van der Waals surface area contributed by atoms with E-state index < -0.39 is 10.0 Å². The van der Waals surface area contributed by atoms with Crippen LogP contribution in [0, 0.1) is 6.92 Å². The first kappa shape index (κ1) is 17.9. The zero-order valence-electron chi connectivity index (χ0n) is 13.7. The van der Waals surface area contributed by atoms with Crippen LogP contribution in [-0.2, 0) is 10.0 Å². The van der Waals surface area contributed by atoms with Gasteiger partial charge in [0.1, 0.15) is 0 Å². The number of nitrogens with one attached hydrogen (secondary N) is 1. The van der Waals surface area contributed by atoms with Gasteiger partial charge in [-0.2, -0.15) is 4.31 Å². The maximum absolute atomic E-state index is 12.7. The zero-order valence-corrected chi connectivity index (χ0v) is 14.5. The number of carbonyl (C=O) groups excluding carboxylic acids is 1. The lowest BCUT2D eigenvalue weighted by atomic mass is 10.1. The molecule has 1 aromatic rings.